The van der Waals surface area contributed by atoms with Crippen LogP contribution in [0.1, 0.15) is 44.1 Å². The van der Waals surface area contributed by atoms with Crippen LogP contribution in [-0.4, -0.2) is 46.6 Å². The number of hydrogen-bond acceptors (Lipinski definition) is 6. The summed E-state index contributed by atoms with van der Waals surface area (Å²) in [6, 6.07) is 3.84. The molecule has 2 aromatic rings. The highest BCUT2D eigenvalue weighted by molar-refractivity contribution is 6.06. The monoisotopic (exact) mass is 411 g/mol. The van der Waals surface area contributed by atoms with Crippen molar-refractivity contribution in [1.29, 1.82) is 0 Å². The van der Waals surface area contributed by atoms with Gasteiger partial charge in [0.05, 0.1) is 32.3 Å². The molecule has 8 nitrogen and oxygen atoms in total. The molecule has 1 saturated heterocycles. The molecule has 2 aliphatic rings. The topological polar surface area (TPSA) is 81.0 Å². The number of amides is 1. The average Bonchev–Trinajstić information content (AvgIpc) is 3.38. The number of imidazole rings is 1. The first-order valence-electron chi connectivity index (χ1n) is 10.7. The number of rotatable bonds is 11. The van der Waals surface area contributed by atoms with E-state index in [1.54, 1.807) is 7.11 Å². The Morgan fingerprint density at radius 2 is 1.93 bits per heavy atom. The van der Waals surface area contributed by atoms with Crippen LogP contribution < -0.4 is 14.8 Å². The molecule has 1 aromatic carbocycles. The first-order valence-corrected chi connectivity index (χ1v) is 10.7. The Balaban J connectivity index is 1.19. The van der Waals surface area contributed by atoms with Crippen molar-refractivity contribution in [1.82, 2.24) is 19.8 Å². The minimum Gasteiger partial charge on any atom is -0.492 e. The maximum Gasteiger partial charge on any atom is 0.246 e. The summed E-state index contributed by atoms with van der Waals surface area (Å²) < 4.78 is 13.8. The van der Waals surface area contributed by atoms with Gasteiger partial charge in [0.25, 0.3) is 0 Å². The molecule has 1 aromatic heterocycles. The number of unbranched alkanes of at least 4 members (excludes halogenated alkanes) is 5. The molecule has 1 amide bonds. The summed E-state index contributed by atoms with van der Waals surface area (Å²) in [5, 5.41) is 2.78. The molecule has 0 atom stereocenters. The molecule has 30 heavy (non-hydrogen) atoms. The van der Waals surface area contributed by atoms with Gasteiger partial charge in [-0.25, -0.2) is 9.98 Å². The fourth-order valence-corrected chi connectivity index (χ4v) is 3.92. The second kappa shape index (κ2) is 9.65. The fraction of sp³-hybridized carbons (Fsp3) is 0.500. The van der Waals surface area contributed by atoms with Crippen molar-refractivity contribution in [2.45, 2.75) is 51.6 Å². The molecule has 160 valence electrons. The van der Waals surface area contributed by atoms with E-state index in [0.717, 1.165) is 36.4 Å². The molecule has 1 N–H and O–H groups in total. The minimum atomic E-state index is -0.0290. The van der Waals surface area contributed by atoms with Gasteiger partial charge in [0, 0.05) is 24.5 Å². The SMILES string of the molecule is COc1c(OCCCCCCCCn2ccnc2)ccc2c1CN1CC(=O)NC1=N2. The lowest BCUT2D eigenvalue weighted by atomic mass is 10.1. The quantitative estimate of drug-likeness (QED) is 0.574. The summed E-state index contributed by atoms with van der Waals surface area (Å²) in [7, 11) is 1.65. The number of hydrogen-bond donors (Lipinski definition) is 1. The fourth-order valence-electron chi connectivity index (χ4n) is 3.92. The van der Waals surface area contributed by atoms with Crippen molar-refractivity contribution < 1.29 is 14.3 Å². The number of nitrogens with one attached hydrogen (secondary N) is 1. The number of carbonyl (C=O) groups excluding carboxylic acids is 1. The third-order valence-corrected chi connectivity index (χ3v) is 5.49. The van der Waals surface area contributed by atoms with Crippen molar-refractivity contribution >= 4 is 17.6 Å². The molecule has 1 fully saturated rings. The van der Waals surface area contributed by atoms with Gasteiger partial charge >= 0.3 is 0 Å². The normalized spacial score (nSPS) is 14.8. The van der Waals surface area contributed by atoms with Crippen LogP contribution in [0.3, 0.4) is 0 Å². The Hall–Kier alpha value is -3.03. The van der Waals surface area contributed by atoms with Crippen molar-refractivity contribution in [2.75, 3.05) is 20.3 Å². The van der Waals surface area contributed by atoms with E-state index in [2.05, 4.69) is 19.9 Å². The highest BCUT2D eigenvalue weighted by Crippen LogP contribution is 2.40. The van der Waals surface area contributed by atoms with Crippen molar-refractivity contribution in [3.8, 4) is 11.5 Å². The van der Waals surface area contributed by atoms with Crippen molar-refractivity contribution in [3.63, 3.8) is 0 Å². The van der Waals surface area contributed by atoms with Crippen molar-refractivity contribution in [3.05, 3.63) is 36.4 Å². The maximum atomic E-state index is 11.6. The number of aromatic nitrogens is 2. The van der Waals surface area contributed by atoms with E-state index in [4.69, 9.17) is 9.47 Å². The second-order valence-electron chi connectivity index (χ2n) is 7.70. The average molecular weight is 412 g/mol. The summed E-state index contributed by atoms with van der Waals surface area (Å²) in [5.74, 6) is 2.05. The number of carbonyl (C=O) groups is 1. The minimum absolute atomic E-state index is 0.0290. The molecule has 3 heterocycles. The molecular weight excluding hydrogens is 382 g/mol. The van der Waals surface area contributed by atoms with Crippen LogP contribution in [-0.2, 0) is 17.9 Å². The number of nitrogens with zero attached hydrogens (tertiary/aromatic N) is 4. The maximum absolute atomic E-state index is 11.6. The van der Waals surface area contributed by atoms with Gasteiger partial charge in [-0.3, -0.25) is 10.1 Å². The number of benzene rings is 1. The summed E-state index contributed by atoms with van der Waals surface area (Å²) in [6.07, 6.45) is 12.8. The van der Waals surface area contributed by atoms with Crippen LogP contribution in [0.5, 0.6) is 11.5 Å². The molecule has 0 spiro atoms. The zero-order valence-electron chi connectivity index (χ0n) is 17.5. The Morgan fingerprint density at radius 1 is 1.10 bits per heavy atom. The molecule has 0 saturated carbocycles. The lowest BCUT2D eigenvalue weighted by Crippen LogP contribution is -2.32. The zero-order chi connectivity index (χ0) is 20.8. The molecule has 0 unspecified atom stereocenters. The summed E-state index contributed by atoms with van der Waals surface area (Å²) in [5.41, 5.74) is 1.79. The largest absolute Gasteiger partial charge is 0.492 e. The highest BCUT2D eigenvalue weighted by atomic mass is 16.5. The number of guanidine groups is 1. The van der Waals surface area contributed by atoms with E-state index < -0.39 is 0 Å². The van der Waals surface area contributed by atoms with E-state index in [9.17, 15) is 4.79 Å². The Morgan fingerprint density at radius 3 is 2.73 bits per heavy atom. The molecular formula is C22H29N5O3. The van der Waals surface area contributed by atoms with Gasteiger partial charge in [0.15, 0.2) is 11.5 Å². The second-order valence-corrected chi connectivity index (χ2v) is 7.70. The smallest absolute Gasteiger partial charge is 0.246 e. The van der Waals surface area contributed by atoms with E-state index in [0.29, 0.717) is 31.4 Å². The van der Waals surface area contributed by atoms with Gasteiger partial charge in [-0.15, -0.1) is 0 Å². The first kappa shape index (κ1) is 20.3. The van der Waals surface area contributed by atoms with E-state index in [-0.39, 0.29) is 5.91 Å². The van der Waals surface area contributed by atoms with Crippen molar-refractivity contribution in [2.24, 2.45) is 4.99 Å². The van der Waals surface area contributed by atoms with Gasteiger partial charge in [0.1, 0.15) is 6.54 Å². The summed E-state index contributed by atoms with van der Waals surface area (Å²) in [6.45, 7) is 2.64. The lowest BCUT2D eigenvalue weighted by molar-refractivity contribution is -0.118. The standard InChI is InChI=1S/C22H29N5O3/c1-29-21-17-14-27-15-20(28)25-22(27)24-18(17)8-9-19(21)30-13-7-5-3-2-4-6-11-26-12-10-23-16-26/h8-10,12,16H,2-7,11,13-15H2,1H3,(H,24,25,28). The Bertz CT molecular complexity index is 894. The van der Waals surface area contributed by atoms with Gasteiger partial charge in [-0.1, -0.05) is 25.7 Å². The Labute approximate surface area is 176 Å². The van der Waals surface area contributed by atoms with Crippen LogP contribution in [0.15, 0.2) is 35.8 Å². The third kappa shape index (κ3) is 4.75. The number of aliphatic imine (C=N–C) groups is 1. The molecule has 0 radical (unpaired) electrons. The number of fused-ring (bicyclic) bond motifs is 2. The van der Waals surface area contributed by atoms with E-state index >= 15 is 0 Å². The van der Waals surface area contributed by atoms with Crippen LogP contribution >= 0.6 is 0 Å². The number of methoxy groups -OCH3 is 1. The predicted octanol–water partition coefficient (Wildman–Crippen LogP) is 3.24. The predicted molar refractivity (Wildman–Crippen MR) is 114 cm³/mol. The molecule has 0 aliphatic carbocycles. The summed E-state index contributed by atoms with van der Waals surface area (Å²) in [4.78, 5) is 22.2. The lowest BCUT2D eigenvalue weighted by Gasteiger charge is -2.25. The van der Waals surface area contributed by atoms with Gasteiger partial charge in [-0.05, 0) is 25.0 Å². The van der Waals surface area contributed by atoms with Gasteiger partial charge in [-0.2, -0.15) is 0 Å². The van der Waals surface area contributed by atoms with Crippen LogP contribution in [0.2, 0.25) is 0 Å². The molecule has 4 rings (SSSR count). The summed E-state index contributed by atoms with van der Waals surface area (Å²) >= 11 is 0. The zero-order valence-corrected chi connectivity index (χ0v) is 17.5. The number of aryl methyl sites for hydroxylation is 1. The molecule has 2 aliphatic heterocycles. The molecule has 8 heteroatoms. The van der Waals surface area contributed by atoms with Crippen LogP contribution in [0, 0.1) is 0 Å². The molecule has 0 bridgehead atoms. The van der Waals surface area contributed by atoms with Gasteiger partial charge in [0.2, 0.25) is 11.9 Å². The van der Waals surface area contributed by atoms with Crippen LogP contribution in [0.25, 0.3) is 0 Å². The van der Waals surface area contributed by atoms with Crippen LogP contribution in [0.4, 0.5) is 5.69 Å². The highest BCUT2D eigenvalue weighted by Gasteiger charge is 2.31. The Kier molecular flexibility index (Phi) is 6.51. The third-order valence-electron chi connectivity index (χ3n) is 5.49. The first-order chi connectivity index (χ1) is 14.7. The van der Waals surface area contributed by atoms with E-state index in [1.807, 2.05) is 35.8 Å². The number of ether oxygens (including phenoxy) is 2. The van der Waals surface area contributed by atoms with E-state index in [1.165, 1.54) is 25.7 Å². The van der Waals surface area contributed by atoms with Gasteiger partial charge < -0.3 is 18.9 Å².